The van der Waals surface area contributed by atoms with Crippen LogP contribution in [0.4, 0.5) is 8.78 Å². The van der Waals surface area contributed by atoms with Crippen LogP contribution in [-0.2, 0) is 0 Å². The first kappa shape index (κ1) is 13.1. The minimum atomic E-state index is -0.569. The standard InChI is InChI=1S/C12H18F2N2/c1-3-4-8(2)12(16-15)10-6-5-9(13)7-11(10)14/h5-8,12,16H,3-4,15H2,1-2H3. The van der Waals surface area contributed by atoms with Gasteiger partial charge >= 0.3 is 0 Å². The van der Waals surface area contributed by atoms with Crippen molar-refractivity contribution in [2.75, 3.05) is 0 Å². The first-order chi connectivity index (χ1) is 7.60. The second kappa shape index (κ2) is 5.92. The molecule has 0 amide bonds. The lowest BCUT2D eigenvalue weighted by Crippen LogP contribution is -2.33. The van der Waals surface area contributed by atoms with Gasteiger partial charge in [-0.25, -0.2) is 8.78 Å². The quantitative estimate of drug-likeness (QED) is 0.600. The molecule has 2 atom stereocenters. The van der Waals surface area contributed by atoms with Crippen LogP contribution in [0.5, 0.6) is 0 Å². The molecule has 1 aromatic carbocycles. The number of hydrogen-bond acceptors (Lipinski definition) is 2. The van der Waals surface area contributed by atoms with Crippen LogP contribution in [0.25, 0.3) is 0 Å². The summed E-state index contributed by atoms with van der Waals surface area (Å²) in [5.41, 5.74) is 3.02. The van der Waals surface area contributed by atoms with Gasteiger partial charge in [0.1, 0.15) is 11.6 Å². The van der Waals surface area contributed by atoms with Crippen LogP contribution in [-0.4, -0.2) is 0 Å². The maximum atomic E-state index is 13.6. The van der Waals surface area contributed by atoms with Crippen LogP contribution in [0.3, 0.4) is 0 Å². The number of benzene rings is 1. The van der Waals surface area contributed by atoms with Gasteiger partial charge in [0.05, 0.1) is 6.04 Å². The van der Waals surface area contributed by atoms with Gasteiger partial charge < -0.3 is 0 Å². The zero-order chi connectivity index (χ0) is 12.1. The van der Waals surface area contributed by atoms with Gasteiger partial charge in [0, 0.05) is 11.6 Å². The molecule has 0 aromatic heterocycles. The third-order valence-corrected chi connectivity index (χ3v) is 2.79. The van der Waals surface area contributed by atoms with Crippen molar-refractivity contribution >= 4 is 0 Å². The van der Waals surface area contributed by atoms with E-state index in [-0.39, 0.29) is 12.0 Å². The van der Waals surface area contributed by atoms with Crippen molar-refractivity contribution in [2.24, 2.45) is 11.8 Å². The summed E-state index contributed by atoms with van der Waals surface area (Å²) in [6.45, 7) is 4.06. The fourth-order valence-corrected chi connectivity index (χ4v) is 1.94. The zero-order valence-corrected chi connectivity index (χ0v) is 9.63. The molecule has 3 N–H and O–H groups in total. The third kappa shape index (κ3) is 3.00. The maximum absolute atomic E-state index is 13.6. The summed E-state index contributed by atoms with van der Waals surface area (Å²) in [7, 11) is 0. The Morgan fingerprint density at radius 3 is 2.56 bits per heavy atom. The summed E-state index contributed by atoms with van der Waals surface area (Å²) in [6.07, 6.45) is 1.94. The highest BCUT2D eigenvalue weighted by Crippen LogP contribution is 2.27. The van der Waals surface area contributed by atoms with E-state index in [0.29, 0.717) is 5.56 Å². The van der Waals surface area contributed by atoms with Gasteiger partial charge in [-0.3, -0.25) is 11.3 Å². The first-order valence-electron chi connectivity index (χ1n) is 5.51. The van der Waals surface area contributed by atoms with Crippen LogP contribution < -0.4 is 11.3 Å². The van der Waals surface area contributed by atoms with E-state index in [0.717, 1.165) is 18.9 Å². The number of rotatable bonds is 5. The van der Waals surface area contributed by atoms with Gasteiger partial charge in [0.15, 0.2) is 0 Å². The summed E-state index contributed by atoms with van der Waals surface area (Å²) in [5, 5.41) is 0. The molecule has 0 heterocycles. The highest BCUT2D eigenvalue weighted by atomic mass is 19.1. The van der Waals surface area contributed by atoms with E-state index >= 15 is 0 Å². The molecule has 1 rings (SSSR count). The summed E-state index contributed by atoms with van der Waals surface area (Å²) in [5.74, 6) is 4.52. The molecule has 0 radical (unpaired) electrons. The molecular formula is C12H18F2N2. The Labute approximate surface area is 94.8 Å². The molecule has 0 spiro atoms. The van der Waals surface area contributed by atoms with Gasteiger partial charge in [0.2, 0.25) is 0 Å². The Bertz CT molecular complexity index is 342. The van der Waals surface area contributed by atoms with Crippen molar-refractivity contribution in [2.45, 2.75) is 32.7 Å². The van der Waals surface area contributed by atoms with Crippen LogP contribution in [0.1, 0.15) is 38.3 Å². The topological polar surface area (TPSA) is 38.0 Å². The molecule has 0 bridgehead atoms. The second-order valence-electron chi connectivity index (χ2n) is 4.08. The predicted octanol–water partition coefficient (Wildman–Crippen LogP) is 2.91. The van der Waals surface area contributed by atoms with Crippen molar-refractivity contribution in [1.82, 2.24) is 5.43 Å². The number of nitrogens with one attached hydrogen (secondary N) is 1. The minimum Gasteiger partial charge on any atom is -0.271 e. The van der Waals surface area contributed by atoms with Crippen molar-refractivity contribution < 1.29 is 8.78 Å². The number of halogens is 2. The van der Waals surface area contributed by atoms with Crippen molar-refractivity contribution in [3.8, 4) is 0 Å². The lowest BCUT2D eigenvalue weighted by Gasteiger charge is -2.23. The van der Waals surface area contributed by atoms with Gasteiger partial charge in [-0.05, 0) is 18.4 Å². The number of hydrogen-bond donors (Lipinski definition) is 2. The SMILES string of the molecule is CCCC(C)C(NN)c1ccc(F)cc1F. The van der Waals surface area contributed by atoms with Crippen LogP contribution in [0, 0.1) is 17.6 Å². The van der Waals surface area contributed by atoms with E-state index in [1.165, 1.54) is 12.1 Å². The molecule has 0 aliphatic rings. The van der Waals surface area contributed by atoms with E-state index in [4.69, 9.17) is 5.84 Å². The smallest absolute Gasteiger partial charge is 0.130 e. The molecule has 0 saturated carbocycles. The number of hydrazine groups is 1. The summed E-state index contributed by atoms with van der Waals surface area (Å²) < 4.78 is 26.3. The Morgan fingerprint density at radius 2 is 2.06 bits per heavy atom. The monoisotopic (exact) mass is 228 g/mol. The third-order valence-electron chi connectivity index (χ3n) is 2.79. The lowest BCUT2D eigenvalue weighted by atomic mass is 9.91. The van der Waals surface area contributed by atoms with Gasteiger partial charge in [0.25, 0.3) is 0 Å². The lowest BCUT2D eigenvalue weighted by molar-refractivity contribution is 0.357. The largest absolute Gasteiger partial charge is 0.271 e. The van der Waals surface area contributed by atoms with Crippen LogP contribution >= 0.6 is 0 Å². The van der Waals surface area contributed by atoms with Crippen molar-refractivity contribution in [3.63, 3.8) is 0 Å². The van der Waals surface area contributed by atoms with E-state index in [2.05, 4.69) is 12.3 Å². The molecule has 0 aliphatic heterocycles. The van der Waals surface area contributed by atoms with Crippen LogP contribution in [0.15, 0.2) is 18.2 Å². The summed E-state index contributed by atoms with van der Waals surface area (Å²) in [4.78, 5) is 0. The molecule has 16 heavy (non-hydrogen) atoms. The Balaban J connectivity index is 2.94. The fourth-order valence-electron chi connectivity index (χ4n) is 1.94. The molecular weight excluding hydrogens is 210 g/mol. The molecule has 90 valence electrons. The molecule has 0 aliphatic carbocycles. The van der Waals surface area contributed by atoms with E-state index < -0.39 is 11.6 Å². The molecule has 2 nitrogen and oxygen atoms in total. The highest BCUT2D eigenvalue weighted by Gasteiger charge is 2.20. The predicted molar refractivity (Wildman–Crippen MR) is 60.5 cm³/mol. The van der Waals surface area contributed by atoms with E-state index in [9.17, 15) is 8.78 Å². The van der Waals surface area contributed by atoms with Gasteiger partial charge in [-0.2, -0.15) is 0 Å². The molecule has 1 aromatic rings. The molecule has 4 heteroatoms. The summed E-state index contributed by atoms with van der Waals surface area (Å²) in [6, 6.07) is 3.31. The minimum absolute atomic E-state index is 0.204. The Kier molecular flexibility index (Phi) is 4.83. The fraction of sp³-hybridized carbons (Fsp3) is 0.500. The molecule has 2 unspecified atom stereocenters. The zero-order valence-electron chi connectivity index (χ0n) is 9.63. The highest BCUT2D eigenvalue weighted by molar-refractivity contribution is 5.22. The van der Waals surface area contributed by atoms with E-state index in [1.54, 1.807) is 0 Å². The first-order valence-corrected chi connectivity index (χ1v) is 5.51. The second-order valence-corrected chi connectivity index (χ2v) is 4.08. The molecule has 0 saturated heterocycles. The number of nitrogens with two attached hydrogens (primary N) is 1. The average molecular weight is 228 g/mol. The molecule has 0 fully saturated rings. The normalized spacial score (nSPS) is 14.8. The van der Waals surface area contributed by atoms with Gasteiger partial charge in [-0.1, -0.05) is 26.3 Å². The van der Waals surface area contributed by atoms with Crippen LogP contribution in [0.2, 0.25) is 0 Å². The Morgan fingerprint density at radius 1 is 1.38 bits per heavy atom. The van der Waals surface area contributed by atoms with Crippen molar-refractivity contribution in [3.05, 3.63) is 35.4 Å². The van der Waals surface area contributed by atoms with E-state index in [1.807, 2.05) is 6.92 Å². The average Bonchev–Trinajstić information content (AvgIpc) is 2.22. The van der Waals surface area contributed by atoms with Gasteiger partial charge in [-0.15, -0.1) is 0 Å². The maximum Gasteiger partial charge on any atom is 0.130 e. The summed E-state index contributed by atoms with van der Waals surface area (Å²) >= 11 is 0. The van der Waals surface area contributed by atoms with Crippen molar-refractivity contribution in [1.29, 1.82) is 0 Å². The Hall–Kier alpha value is -1.00.